The van der Waals surface area contributed by atoms with Crippen molar-refractivity contribution in [1.29, 1.82) is 0 Å². The van der Waals surface area contributed by atoms with Gasteiger partial charge in [-0.05, 0) is 43.0 Å². The summed E-state index contributed by atoms with van der Waals surface area (Å²) in [5, 5.41) is 0. The van der Waals surface area contributed by atoms with E-state index in [9.17, 15) is 0 Å². The molecule has 0 saturated carbocycles. The van der Waals surface area contributed by atoms with Crippen LogP contribution in [0.15, 0.2) is 53.4 Å². The van der Waals surface area contributed by atoms with Crippen LogP contribution in [0.4, 0.5) is 0 Å². The maximum Gasteiger partial charge on any atom is 0.00401 e. The fraction of sp³-hybridized carbons (Fsp3) is 0.200. The zero-order chi connectivity index (χ0) is 11.4. The van der Waals surface area contributed by atoms with Gasteiger partial charge in [0, 0.05) is 4.90 Å². The third kappa shape index (κ3) is 3.14. The molecule has 0 aromatic heterocycles. The number of benzene rings is 2. The Bertz CT molecular complexity index is 394. The Morgan fingerprint density at radius 3 is 1.69 bits per heavy atom. The van der Waals surface area contributed by atoms with Crippen LogP contribution in [-0.2, 0) is 12.8 Å². The molecular weight excluding hydrogens is 212 g/mol. The highest BCUT2D eigenvalue weighted by Gasteiger charge is 1.95. The Hall–Kier alpha value is -1.21. The average molecular weight is 228 g/mol. The molecule has 0 saturated heterocycles. The van der Waals surface area contributed by atoms with E-state index in [1.807, 2.05) is 12.1 Å². The van der Waals surface area contributed by atoms with Gasteiger partial charge in [0.2, 0.25) is 0 Å². The molecule has 2 aromatic rings. The molecule has 0 atom stereocenters. The van der Waals surface area contributed by atoms with E-state index >= 15 is 0 Å². The van der Waals surface area contributed by atoms with Gasteiger partial charge in [0.25, 0.3) is 0 Å². The van der Waals surface area contributed by atoms with Crippen LogP contribution in [0.3, 0.4) is 0 Å². The molecule has 16 heavy (non-hydrogen) atoms. The molecule has 0 aliphatic heterocycles. The van der Waals surface area contributed by atoms with E-state index in [2.05, 4.69) is 56.0 Å². The van der Waals surface area contributed by atoms with Crippen molar-refractivity contribution in [3.63, 3.8) is 0 Å². The molecule has 0 amide bonds. The highest BCUT2D eigenvalue weighted by atomic mass is 32.1. The van der Waals surface area contributed by atoms with Crippen LogP contribution in [-0.4, -0.2) is 0 Å². The largest absolute Gasteiger partial charge is 0.143 e. The highest BCUT2D eigenvalue weighted by molar-refractivity contribution is 7.80. The summed E-state index contributed by atoms with van der Waals surface area (Å²) in [4.78, 5) is 1.03. The van der Waals surface area contributed by atoms with Gasteiger partial charge in [0.15, 0.2) is 0 Å². The van der Waals surface area contributed by atoms with Gasteiger partial charge >= 0.3 is 0 Å². The second-order valence-corrected chi connectivity index (χ2v) is 4.67. The van der Waals surface area contributed by atoms with E-state index in [0.29, 0.717) is 0 Å². The standard InChI is InChI=1S/C15H16S/c1-12-2-4-13(5-3-12)6-7-14-8-10-15(16)11-9-14/h2-5,8-11,16H,6-7H2,1H3. The molecule has 1 heteroatoms. The van der Waals surface area contributed by atoms with Crippen molar-refractivity contribution in [2.45, 2.75) is 24.7 Å². The molecule has 0 aliphatic rings. The van der Waals surface area contributed by atoms with Crippen LogP contribution in [0.1, 0.15) is 16.7 Å². The van der Waals surface area contributed by atoms with Gasteiger partial charge in [-0.25, -0.2) is 0 Å². The van der Waals surface area contributed by atoms with Gasteiger partial charge in [-0.15, -0.1) is 12.6 Å². The summed E-state index contributed by atoms with van der Waals surface area (Å²) in [6.45, 7) is 2.12. The van der Waals surface area contributed by atoms with Gasteiger partial charge in [0.05, 0.1) is 0 Å². The minimum atomic E-state index is 1.03. The predicted molar refractivity (Wildman–Crippen MR) is 72.3 cm³/mol. The van der Waals surface area contributed by atoms with Crippen molar-refractivity contribution in [1.82, 2.24) is 0 Å². The Morgan fingerprint density at radius 1 is 0.750 bits per heavy atom. The molecule has 0 unspecified atom stereocenters. The SMILES string of the molecule is Cc1ccc(CCc2ccc(S)cc2)cc1. The Morgan fingerprint density at radius 2 is 1.19 bits per heavy atom. The lowest BCUT2D eigenvalue weighted by Crippen LogP contribution is -1.91. The van der Waals surface area contributed by atoms with Crippen molar-refractivity contribution in [2.75, 3.05) is 0 Å². The molecule has 0 spiro atoms. The lowest BCUT2D eigenvalue weighted by atomic mass is 10.0. The Labute approximate surface area is 103 Å². The van der Waals surface area contributed by atoms with E-state index in [1.165, 1.54) is 16.7 Å². The summed E-state index contributed by atoms with van der Waals surface area (Å²) in [6.07, 6.45) is 2.20. The maximum absolute atomic E-state index is 4.28. The van der Waals surface area contributed by atoms with Crippen molar-refractivity contribution in [3.8, 4) is 0 Å². The summed E-state index contributed by atoms with van der Waals surface area (Å²) in [7, 11) is 0. The summed E-state index contributed by atoms with van der Waals surface area (Å²) < 4.78 is 0. The van der Waals surface area contributed by atoms with Crippen LogP contribution in [0.2, 0.25) is 0 Å². The third-order valence-corrected chi connectivity index (χ3v) is 3.06. The maximum atomic E-state index is 4.28. The zero-order valence-electron chi connectivity index (χ0n) is 9.48. The van der Waals surface area contributed by atoms with Crippen LogP contribution in [0.25, 0.3) is 0 Å². The first-order chi connectivity index (χ1) is 7.74. The number of rotatable bonds is 3. The number of hydrogen-bond donors (Lipinski definition) is 1. The minimum Gasteiger partial charge on any atom is -0.143 e. The smallest absolute Gasteiger partial charge is 0.00401 e. The highest BCUT2D eigenvalue weighted by Crippen LogP contribution is 2.11. The van der Waals surface area contributed by atoms with Crippen LogP contribution in [0, 0.1) is 6.92 Å². The van der Waals surface area contributed by atoms with Crippen LogP contribution < -0.4 is 0 Å². The molecular formula is C15H16S. The predicted octanol–water partition coefficient (Wildman–Crippen LogP) is 4.07. The van der Waals surface area contributed by atoms with Crippen molar-refractivity contribution in [3.05, 3.63) is 65.2 Å². The monoisotopic (exact) mass is 228 g/mol. The quantitative estimate of drug-likeness (QED) is 0.752. The van der Waals surface area contributed by atoms with E-state index in [-0.39, 0.29) is 0 Å². The lowest BCUT2D eigenvalue weighted by Gasteiger charge is -2.03. The van der Waals surface area contributed by atoms with E-state index in [4.69, 9.17) is 0 Å². The number of thiol groups is 1. The molecule has 2 aromatic carbocycles. The fourth-order valence-corrected chi connectivity index (χ4v) is 1.86. The van der Waals surface area contributed by atoms with Crippen LogP contribution in [0.5, 0.6) is 0 Å². The van der Waals surface area contributed by atoms with Crippen molar-refractivity contribution >= 4 is 12.6 Å². The summed E-state index contributed by atoms with van der Waals surface area (Å²) in [5.74, 6) is 0. The Balaban J connectivity index is 1.97. The van der Waals surface area contributed by atoms with Crippen molar-refractivity contribution in [2.24, 2.45) is 0 Å². The van der Waals surface area contributed by atoms with Gasteiger partial charge < -0.3 is 0 Å². The molecule has 0 fully saturated rings. The third-order valence-electron chi connectivity index (χ3n) is 2.76. The topological polar surface area (TPSA) is 0 Å². The van der Waals surface area contributed by atoms with Gasteiger partial charge in [-0.1, -0.05) is 42.0 Å². The van der Waals surface area contributed by atoms with E-state index < -0.39 is 0 Å². The first-order valence-electron chi connectivity index (χ1n) is 5.57. The normalized spacial score (nSPS) is 10.4. The van der Waals surface area contributed by atoms with E-state index in [0.717, 1.165) is 17.7 Å². The Kier molecular flexibility index (Phi) is 3.68. The first-order valence-corrected chi connectivity index (χ1v) is 6.02. The van der Waals surface area contributed by atoms with Gasteiger partial charge in [0.1, 0.15) is 0 Å². The molecule has 82 valence electrons. The minimum absolute atomic E-state index is 1.03. The molecule has 0 aliphatic carbocycles. The van der Waals surface area contributed by atoms with Gasteiger partial charge in [-0.2, -0.15) is 0 Å². The summed E-state index contributed by atoms with van der Waals surface area (Å²) in [5.41, 5.74) is 4.10. The molecule has 0 bridgehead atoms. The van der Waals surface area contributed by atoms with Crippen molar-refractivity contribution < 1.29 is 0 Å². The molecule has 0 nitrogen and oxygen atoms in total. The number of hydrogen-bond acceptors (Lipinski definition) is 1. The second-order valence-electron chi connectivity index (χ2n) is 4.15. The fourth-order valence-electron chi connectivity index (χ4n) is 1.71. The average Bonchev–Trinajstić information content (AvgIpc) is 2.30. The molecule has 2 rings (SSSR count). The second kappa shape index (κ2) is 5.22. The summed E-state index contributed by atoms with van der Waals surface area (Å²) in [6, 6.07) is 17.2. The van der Waals surface area contributed by atoms with Gasteiger partial charge in [-0.3, -0.25) is 0 Å². The molecule has 0 heterocycles. The molecule has 0 N–H and O–H groups in total. The zero-order valence-corrected chi connectivity index (χ0v) is 10.4. The summed E-state index contributed by atoms with van der Waals surface area (Å²) >= 11 is 4.28. The van der Waals surface area contributed by atoms with Crippen LogP contribution >= 0.6 is 12.6 Å². The molecule has 0 radical (unpaired) electrons. The lowest BCUT2D eigenvalue weighted by molar-refractivity contribution is 0.957. The first kappa shape index (κ1) is 11.3. The number of aryl methyl sites for hydroxylation is 3. The van der Waals surface area contributed by atoms with E-state index in [1.54, 1.807) is 0 Å².